The minimum atomic E-state index is 0.342. The predicted octanol–water partition coefficient (Wildman–Crippen LogP) is 3.73. The van der Waals surface area contributed by atoms with Gasteiger partial charge in [-0.25, -0.2) is 9.97 Å². The number of benzene rings is 1. The van der Waals surface area contributed by atoms with Crippen LogP contribution < -0.4 is 10.1 Å². The van der Waals surface area contributed by atoms with Gasteiger partial charge in [0.05, 0.1) is 0 Å². The van der Waals surface area contributed by atoms with E-state index < -0.39 is 0 Å². The molecule has 2 aromatic rings. The van der Waals surface area contributed by atoms with Gasteiger partial charge in [-0.3, -0.25) is 0 Å². The van der Waals surface area contributed by atoms with E-state index in [-0.39, 0.29) is 0 Å². The lowest BCUT2D eigenvalue weighted by Gasteiger charge is -2.08. The topological polar surface area (TPSA) is 47.0 Å². The largest absolute Gasteiger partial charge is 0.424 e. The molecule has 0 aliphatic rings. The molecule has 0 saturated carbocycles. The number of aromatic nitrogens is 2. The fraction of sp³-hybridized carbons (Fsp3) is 0.333. The number of nitrogens with zero attached hydrogens (tertiary/aromatic N) is 2. The van der Waals surface area contributed by atoms with Gasteiger partial charge in [0, 0.05) is 29.5 Å². The van der Waals surface area contributed by atoms with Crippen LogP contribution in [0.1, 0.15) is 24.5 Å². The molecule has 106 valence electrons. The summed E-state index contributed by atoms with van der Waals surface area (Å²) in [5.41, 5.74) is 1.99. The van der Waals surface area contributed by atoms with Crippen molar-refractivity contribution in [3.63, 3.8) is 0 Å². The fourth-order valence-electron chi connectivity index (χ4n) is 1.72. The molecule has 1 aromatic carbocycles. The summed E-state index contributed by atoms with van der Waals surface area (Å²) in [4.78, 5) is 8.42. The number of rotatable bonds is 6. The maximum Gasteiger partial charge on any atom is 0.321 e. The lowest BCUT2D eigenvalue weighted by atomic mass is 10.2. The first-order valence-electron chi connectivity index (χ1n) is 6.64. The van der Waals surface area contributed by atoms with Crippen molar-refractivity contribution in [1.82, 2.24) is 15.3 Å². The minimum Gasteiger partial charge on any atom is -0.424 e. The first kappa shape index (κ1) is 14.8. The van der Waals surface area contributed by atoms with Crippen molar-refractivity contribution in [1.29, 1.82) is 0 Å². The zero-order valence-corrected chi connectivity index (χ0v) is 12.4. The Morgan fingerprint density at radius 1 is 1.25 bits per heavy atom. The van der Waals surface area contributed by atoms with Gasteiger partial charge in [0.15, 0.2) is 0 Å². The second-order valence-electron chi connectivity index (χ2n) is 4.56. The maximum absolute atomic E-state index is 5.91. The van der Waals surface area contributed by atoms with E-state index in [0.29, 0.717) is 16.8 Å². The first-order valence-corrected chi connectivity index (χ1v) is 7.02. The number of ether oxygens (including phenoxy) is 1. The van der Waals surface area contributed by atoms with Crippen LogP contribution in [0, 0.1) is 6.92 Å². The van der Waals surface area contributed by atoms with Gasteiger partial charge in [-0.1, -0.05) is 18.5 Å². The molecule has 0 atom stereocenters. The van der Waals surface area contributed by atoms with Crippen LogP contribution in [0.25, 0.3) is 0 Å². The Hall–Kier alpha value is -1.65. The van der Waals surface area contributed by atoms with Crippen LogP contribution in [-0.2, 0) is 6.54 Å². The first-order chi connectivity index (χ1) is 9.69. The number of nitrogens with one attached hydrogen (secondary N) is 1. The minimum absolute atomic E-state index is 0.342. The van der Waals surface area contributed by atoms with Crippen molar-refractivity contribution in [2.75, 3.05) is 6.54 Å². The van der Waals surface area contributed by atoms with Crippen LogP contribution in [0.3, 0.4) is 0 Å². The van der Waals surface area contributed by atoms with Crippen LogP contribution in [0.15, 0.2) is 30.6 Å². The Labute approximate surface area is 124 Å². The Bertz CT molecular complexity index is 558. The summed E-state index contributed by atoms with van der Waals surface area (Å²) in [5, 5.41) is 3.99. The highest BCUT2D eigenvalue weighted by atomic mass is 35.5. The molecular weight excluding hydrogens is 274 g/mol. The lowest BCUT2D eigenvalue weighted by Crippen LogP contribution is -2.14. The molecule has 5 heteroatoms. The molecule has 0 spiro atoms. The van der Waals surface area contributed by atoms with Gasteiger partial charge in [0.1, 0.15) is 5.75 Å². The molecule has 1 N–H and O–H groups in total. The van der Waals surface area contributed by atoms with Crippen molar-refractivity contribution >= 4 is 11.6 Å². The summed E-state index contributed by atoms with van der Waals surface area (Å²) in [6.07, 6.45) is 4.66. The van der Waals surface area contributed by atoms with Gasteiger partial charge < -0.3 is 10.1 Å². The average Bonchev–Trinajstić information content (AvgIpc) is 2.44. The van der Waals surface area contributed by atoms with Crippen LogP contribution in [0.4, 0.5) is 0 Å². The van der Waals surface area contributed by atoms with Crippen LogP contribution in [0.5, 0.6) is 11.8 Å². The monoisotopic (exact) mass is 291 g/mol. The molecule has 0 bridgehead atoms. The zero-order chi connectivity index (χ0) is 14.4. The van der Waals surface area contributed by atoms with E-state index in [1.165, 1.54) is 0 Å². The highest BCUT2D eigenvalue weighted by molar-refractivity contribution is 6.30. The van der Waals surface area contributed by atoms with E-state index in [0.717, 1.165) is 30.6 Å². The third-order valence-electron chi connectivity index (χ3n) is 2.78. The van der Waals surface area contributed by atoms with E-state index in [4.69, 9.17) is 16.3 Å². The zero-order valence-electron chi connectivity index (χ0n) is 11.7. The number of hydrogen-bond donors (Lipinski definition) is 1. The van der Waals surface area contributed by atoms with Gasteiger partial charge >= 0.3 is 6.01 Å². The average molecular weight is 292 g/mol. The van der Waals surface area contributed by atoms with E-state index in [9.17, 15) is 0 Å². The standard InChI is InChI=1S/C15H18ClN3O/c1-3-6-17-8-12-9-18-15(19-10-12)20-14-5-4-13(16)7-11(14)2/h4-5,7,9-10,17H,3,6,8H2,1-2H3. The third-order valence-corrected chi connectivity index (χ3v) is 3.01. The summed E-state index contributed by atoms with van der Waals surface area (Å²) >= 11 is 5.91. The number of halogens is 1. The molecule has 20 heavy (non-hydrogen) atoms. The highest BCUT2D eigenvalue weighted by Crippen LogP contribution is 2.25. The van der Waals surface area contributed by atoms with Crippen LogP contribution in [0.2, 0.25) is 5.02 Å². The Morgan fingerprint density at radius 2 is 2.00 bits per heavy atom. The molecule has 0 radical (unpaired) electrons. The van der Waals surface area contributed by atoms with Crippen molar-refractivity contribution < 1.29 is 4.74 Å². The molecule has 1 heterocycles. The lowest BCUT2D eigenvalue weighted by molar-refractivity contribution is 0.437. The number of aryl methyl sites for hydroxylation is 1. The summed E-state index contributed by atoms with van der Waals surface area (Å²) in [6, 6.07) is 5.79. The van der Waals surface area contributed by atoms with Gasteiger partial charge in [-0.05, 0) is 43.7 Å². The molecule has 0 unspecified atom stereocenters. The quantitative estimate of drug-likeness (QED) is 0.824. The number of hydrogen-bond acceptors (Lipinski definition) is 4. The molecule has 2 rings (SSSR count). The van der Waals surface area contributed by atoms with Gasteiger partial charge in [0.2, 0.25) is 0 Å². The Morgan fingerprint density at radius 3 is 2.65 bits per heavy atom. The normalized spacial score (nSPS) is 10.6. The van der Waals surface area contributed by atoms with Crippen molar-refractivity contribution in [3.8, 4) is 11.8 Å². The summed E-state index contributed by atoms with van der Waals surface area (Å²) in [7, 11) is 0. The van der Waals surface area contributed by atoms with Gasteiger partial charge in [-0.15, -0.1) is 0 Å². The summed E-state index contributed by atoms with van der Waals surface area (Å²) in [6.45, 7) is 5.83. The molecule has 4 nitrogen and oxygen atoms in total. The van der Waals surface area contributed by atoms with Gasteiger partial charge in [-0.2, -0.15) is 0 Å². The van der Waals surface area contributed by atoms with Crippen molar-refractivity contribution in [3.05, 3.63) is 46.7 Å². The Balaban J connectivity index is 1.99. The fourth-order valence-corrected chi connectivity index (χ4v) is 1.95. The van der Waals surface area contributed by atoms with Gasteiger partial charge in [0.25, 0.3) is 0 Å². The molecule has 0 amide bonds. The summed E-state index contributed by atoms with van der Waals surface area (Å²) in [5.74, 6) is 0.714. The molecule has 0 aliphatic carbocycles. The Kier molecular flexibility index (Phi) is 5.32. The van der Waals surface area contributed by atoms with E-state index >= 15 is 0 Å². The second-order valence-corrected chi connectivity index (χ2v) is 5.00. The van der Waals surface area contributed by atoms with E-state index in [1.54, 1.807) is 18.5 Å². The van der Waals surface area contributed by atoms with Crippen LogP contribution in [-0.4, -0.2) is 16.5 Å². The van der Waals surface area contributed by atoms with Crippen molar-refractivity contribution in [2.24, 2.45) is 0 Å². The molecule has 0 fully saturated rings. The van der Waals surface area contributed by atoms with Crippen LogP contribution >= 0.6 is 11.6 Å². The van der Waals surface area contributed by atoms with Crippen molar-refractivity contribution in [2.45, 2.75) is 26.8 Å². The second kappa shape index (κ2) is 7.22. The molecule has 0 aliphatic heterocycles. The molecule has 0 saturated heterocycles. The predicted molar refractivity (Wildman–Crippen MR) is 80.3 cm³/mol. The highest BCUT2D eigenvalue weighted by Gasteiger charge is 2.04. The molecule has 1 aromatic heterocycles. The SMILES string of the molecule is CCCNCc1cnc(Oc2ccc(Cl)cc2C)nc1. The van der Waals surface area contributed by atoms with E-state index in [2.05, 4.69) is 22.2 Å². The maximum atomic E-state index is 5.91. The van der Waals surface area contributed by atoms with E-state index in [1.807, 2.05) is 19.1 Å². The smallest absolute Gasteiger partial charge is 0.321 e. The summed E-state index contributed by atoms with van der Waals surface area (Å²) < 4.78 is 5.64. The molecular formula is C15H18ClN3O. The third kappa shape index (κ3) is 4.18.